The van der Waals surface area contributed by atoms with E-state index < -0.39 is 10.0 Å². The van der Waals surface area contributed by atoms with E-state index in [2.05, 4.69) is 13.5 Å². The van der Waals surface area contributed by atoms with Crippen molar-refractivity contribution in [2.45, 2.75) is 24.7 Å². The first-order valence-electron chi connectivity index (χ1n) is 5.45. The van der Waals surface area contributed by atoms with Crippen molar-refractivity contribution in [1.82, 2.24) is 0 Å². The molecule has 0 unspecified atom stereocenters. The van der Waals surface area contributed by atoms with Gasteiger partial charge in [0.25, 0.3) is 0 Å². The van der Waals surface area contributed by atoms with Gasteiger partial charge in [-0.25, -0.2) is 13.6 Å². The highest BCUT2D eigenvalue weighted by Gasteiger charge is 2.14. The Labute approximate surface area is 103 Å². The fraction of sp³-hybridized carbons (Fsp3) is 0.231. The number of rotatable bonds is 5. The molecule has 0 aromatic heterocycles. The van der Waals surface area contributed by atoms with Crippen LogP contribution in [0.5, 0.6) is 0 Å². The van der Waals surface area contributed by atoms with E-state index in [-0.39, 0.29) is 4.90 Å². The maximum absolute atomic E-state index is 11.5. The molecule has 0 radical (unpaired) electrons. The van der Waals surface area contributed by atoms with Gasteiger partial charge in [0.15, 0.2) is 0 Å². The lowest BCUT2D eigenvalue weighted by Crippen LogP contribution is -2.14. The van der Waals surface area contributed by atoms with Gasteiger partial charge in [-0.05, 0) is 18.1 Å². The summed E-state index contributed by atoms with van der Waals surface area (Å²) in [6, 6.07) is 6.69. The molecule has 0 bridgehead atoms. The third kappa shape index (κ3) is 3.54. The lowest BCUT2D eigenvalue weighted by molar-refractivity contribution is 0.597. The van der Waals surface area contributed by atoms with Crippen LogP contribution in [0.1, 0.15) is 25.3 Å². The second-order valence-electron chi connectivity index (χ2n) is 3.69. The maximum atomic E-state index is 11.5. The molecule has 0 aliphatic rings. The first kappa shape index (κ1) is 13.7. The van der Waals surface area contributed by atoms with E-state index in [1.807, 2.05) is 6.08 Å². The second-order valence-corrected chi connectivity index (χ2v) is 5.22. The first-order valence-corrected chi connectivity index (χ1v) is 7.00. The molecule has 0 spiro atoms. The number of hydrogen-bond acceptors (Lipinski definition) is 2. The third-order valence-corrected chi connectivity index (χ3v) is 3.35. The first-order chi connectivity index (χ1) is 8.00. The zero-order valence-corrected chi connectivity index (χ0v) is 10.7. The van der Waals surface area contributed by atoms with Crippen LogP contribution in [-0.4, -0.2) is 8.42 Å². The van der Waals surface area contributed by atoms with Crippen molar-refractivity contribution >= 4 is 15.6 Å². The minimum Gasteiger partial charge on any atom is -0.225 e. The molecule has 0 heterocycles. The standard InChI is InChI=1S/C13H17NO2S/c1-3-5-8-11(4-2)12-9-6-7-10-13(12)17(14,15)16/h4,6-10H,2-3,5H2,1H3,(H2,14,15,16). The van der Waals surface area contributed by atoms with E-state index >= 15 is 0 Å². The van der Waals surface area contributed by atoms with E-state index in [1.54, 1.807) is 24.3 Å². The molecule has 92 valence electrons. The highest BCUT2D eigenvalue weighted by molar-refractivity contribution is 7.89. The summed E-state index contributed by atoms with van der Waals surface area (Å²) in [6.45, 7) is 5.77. The number of hydrogen-bond donors (Lipinski definition) is 1. The third-order valence-electron chi connectivity index (χ3n) is 2.38. The quantitative estimate of drug-likeness (QED) is 0.818. The Morgan fingerprint density at radius 2 is 2.06 bits per heavy atom. The highest BCUT2D eigenvalue weighted by Crippen LogP contribution is 2.23. The van der Waals surface area contributed by atoms with Gasteiger partial charge in [0, 0.05) is 5.56 Å². The van der Waals surface area contributed by atoms with Crippen molar-refractivity contribution in [1.29, 1.82) is 0 Å². The van der Waals surface area contributed by atoms with Gasteiger partial charge in [-0.15, -0.1) is 0 Å². The Morgan fingerprint density at radius 1 is 1.41 bits per heavy atom. The summed E-state index contributed by atoms with van der Waals surface area (Å²) in [5.74, 6) is 0. The molecule has 2 N–H and O–H groups in total. The number of benzene rings is 1. The van der Waals surface area contributed by atoms with Crippen LogP contribution in [0.15, 0.2) is 47.9 Å². The second kappa shape index (κ2) is 5.80. The van der Waals surface area contributed by atoms with Crippen LogP contribution in [0, 0.1) is 0 Å². The number of nitrogens with two attached hydrogens (primary N) is 1. The molecule has 0 fully saturated rings. The van der Waals surface area contributed by atoms with Gasteiger partial charge in [-0.1, -0.05) is 50.3 Å². The molecule has 0 aliphatic carbocycles. The summed E-state index contributed by atoms with van der Waals surface area (Å²) in [4.78, 5) is 0.141. The topological polar surface area (TPSA) is 60.2 Å². The molecule has 0 aliphatic heterocycles. The molecule has 0 atom stereocenters. The molecule has 0 saturated heterocycles. The molecule has 0 amide bonds. The number of primary sulfonamides is 1. The Balaban J connectivity index is 3.35. The molecule has 17 heavy (non-hydrogen) atoms. The molecular formula is C13H17NO2S. The van der Waals surface area contributed by atoms with Crippen LogP contribution >= 0.6 is 0 Å². The average molecular weight is 251 g/mol. The summed E-state index contributed by atoms with van der Waals surface area (Å²) in [5, 5.41) is 5.19. The molecule has 1 rings (SSSR count). The van der Waals surface area contributed by atoms with Crippen LogP contribution in [0.4, 0.5) is 0 Å². The molecule has 0 saturated carbocycles. The van der Waals surface area contributed by atoms with E-state index in [0.717, 1.165) is 18.4 Å². The molecular weight excluding hydrogens is 234 g/mol. The Kier molecular flexibility index (Phi) is 4.66. The van der Waals surface area contributed by atoms with Gasteiger partial charge in [0.1, 0.15) is 0 Å². The van der Waals surface area contributed by atoms with Crippen molar-refractivity contribution < 1.29 is 8.42 Å². The fourth-order valence-electron chi connectivity index (χ4n) is 1.56. The summed E-state index contributed by atoms with van der Waals surface area (Å²) in [6.07, 6.45) is 5.49. The van der Waals surface area contributed by atoms with Crippen molar-refractivity contribution in [2.24, 2.45) is 5.14 Å². The van der Waals surface area contributed by atoms with Crippen LogP contribution in [0.3, 0.4) is 0 Å². The molecule has 1 aromatic carbocycles. The smallest absolute Gasteiger partial charge is 0.225 e. The van der Waals surface area contributed by atoms with Gasteiger partial charge in [-0.3, -0.25) is 0 Å². The van der Waals surface area contributed by atoms with Gasteiger partial charge in [-0.2, -0.15) is 0 Å². The predicted octanol–water partition coefficient (Wildman–Crippen LogP) is 2.70. The van der Waals surface area contributed by atoms with Crippen molar-refractivity contribution in [2.75, 3.05) is 0 Å². The van der Waals surface area contributed by atoms with Crippen molar-refractivity contribution in [3.63, 3.8) is 0 Å². The molecule has 3 nitrogen and oxygen atoms in total. The van der Waals surface area contributed by atoms with Crippen LogP contribution < -0.4 is 5.14 Å². The minimum absolute atomic E-state index is 0.141. The summed E-state index contributed by atoms with van der Waals surface area (Å²) < 4.78 is 22.9. The Hall–Kier alpha value is -1.39. The van der Waals surface area contributed by atoms with E-state index in [4.69, 9.17) is 5.14 Å². The normalized spacial score (nSPS) is 12.5. The van der Waals surface area contributed by atoms with Crippen molar-refractivity contribution in [3.05, 3.63) is 48.6 Å². The summed E-state index contributed by atoms with van der Waals surface area (Å²) in [5.41, 5.74) is 1.41. The van der Waals surface area contributed by atoms with E-state index in [9.17, 15) is 8.42 Å². The maximum Gasteiger partial charge on any atom is 0.238 e. The van der Waals surface area contributed by atoms with Gasteiger partial charge in [0.05, 0.1) is 4.90 Å². The van der Waals surface area contributed by atoms with Crippen LogP contribution in [-0.2, 0) is 10.0 Å². The summed E-state index contributed by atoms with van der Waals surface area (Å²) >= 11 is 0. The predicted molar refractivity (Wildman–Crippen MR) is 70.9 cm³/mol. The SMILES string of the molecule is C=CC(=CCCC)c1ccccc1S(N)(=O)=O. The monoisotopic (exact) mass is 251 g/mol. The Morgan fingerprint density at radius 3 is 2.59 bits per heavy atom. The largest absolute Gasteiger partial charge is 0.238 e. The lowest BCUT2D eigenvalue weighted by Gasteiger charge is -2.08. The zero-order valence-electron chi connectivity index (χ0n) is 9.89. The van der Waals surface area contributed by atoms with Crippen LogP contribution in [0.25, 0.3) is 5.57 Å². The minimum atomic E-state index is -3.70. The van der Waals surface area contributed by atoms with Crippen molar-refractivity contribution in [3.8, 4) is 0 Å². The van der Waals surface area contributed by atoms with Gasteiger partial charge < -0.3 is 0 Å². The number of unbranched alkanes of at least 4 members (excludes halogenated alkanes) is 1. The molecule has 1 aromatic rings. The van der Waals surface area contributed by atoms with E-state index in [1.165, 1.54) is 6.07 Å². The van der Waals surface area contributed by atoms with Gasteiger partial charge >= 0.3 is 0 Å². The van der Waals surface area contributed by atoms with E-state index in [0.29, 0.717) is 5.56 Å². The van der Waals surface area contributed by atoms with Crippen LogP contribution in [0.2, 0.25) is 0 Å². The number of sulfonamides is 1. The zero-order chi connectivity index (χ0) is 12.9. The summed E-state index contributed by atoms with van der Waals surface area (Å²) in [7, 11) is -3.70. The Bertz CT molecular complexity index is 530. The lowest BCUT2D eigenvalue weighted by atomic mass is 10.0. The number of allylic oxidation sites excluding steroid dienone is 3. The van der Waals surface area contributed by atoms with Gasteiger partial charge in [0.2, 0.25) is 10.0 Å². The highest BCUT2D eigenvalue weighted by atomic mass is 32.2. The average Bonchev–Trinajstić information content (AvgIpc) is 2.29. The molecule has 4 heteroatoms. The fourth-order valence-corrected chi connectivity index (χ4v) is 2.32.